The lowest BCUT2D eigenvalue weighted by Gasteiger charge is -2.00. The molecule has 0 radical (unpaired) electrons. The Hall–Kier alpha value is -1.89. The molecule has 0 bridgehead atoms. The zero-order chi connectivity index (χ0) is 13.0. The number of carbonyl (C=O) groups is 1. The number of aliphatic carboxylic acids is 1. The predicted octanol–water partition coefficient (Wildman–Crippen LogP) is 1.80. The first-order valence-corrected chi connectivity index (χ1v) is 6.42. The number of aryl methyl sites for hydroxylation is 2. The molecule has 7 heteroatoms. The quantitative estimate of drug-likeness (QED) is 0.741. The van der Waals surface area contributed by atoms with Crippen molar-refractivity contribution in [1.29, 1.82) is 0 Å². The van der Waals surface area contributed by atoms with Gasteiger partial charge in [-0.3, -0.25) is 9.89 Å². The molecule has 3 N–H and O–H groups in total. The number of aromatic nitrogens is 3. The third kappa shape index (κ3) is 3.30. The van der Waals surface area contributed by atoms with Gasteiger partial charge in [-0.15, -0.1) is 11.3 Å². The van der Waals surface area contributed by atoms with Gasteiger partial charge in [-0.2, -0.15) is 5.10 Å². The molecule has 2 aromatic rings. The van der Waals surface area contributed by atoms with E-state index in [0.717, 1.165) is 22.1 Å². The fourth-order valence-electron chi connectivity index (χ4n) is 1.46. The van der Waals surface area contributed by atoms with Crippen LogP contribution in [0.3, 0.4) is 0 Å². The van der Waals surface area contributed by atoms with Gasteiger partial charge in [-0.1, -0.05) is 0 Å². The molecule has 2 heterocycles. The lowest BCUT2D eigenvalue weighted by atomic mass is 10.2. The summed E-state index contributed by atoms with van der Waals surface area (Å²) in [5.41, 5.74) is 2.94. The van der Waals surface area contributed by atoms with E-state index >= 15 is 0 Å². The van der Waals surface area contributed by atoms with Crippen LogP contribution in [-0.4, -0.2) is 26.3 Å². The van der Waals surface area contributed by atoms with Gasteiger partial charge in [0.05, 0.1) is 18.3 Å². The highest BCUT2D eigenvalue weighted by atomic mass is 32.1. The molecule has 0 saturated carbocycles. The van der Waals surface area contributed by atoms with Crippen molar-refractivity contribution >= 4 is 22.4 Å². The molecule has 0 saturated heterocycles. The molecular formula is C11H14N4O2S. The van der Waals surface area contributed by atoms with Gasteiger partial charge in [-0.05, 0) is 6.92 Å². The van der Waals surface area contributed by atoms with Gasteiger partial charge in [0.2, 0.25) is 0 Å². The minimum atomic E-state index is -0.800. The molecule has 0 atom stereocenters. The Labute approximate surface area is 108 Å². The molecule has 0 aliphatic heterocycles. The largest absolute Gasteiger partial charge is 0.481 e. The van der Waals surface area contributed by atoms with Gasteiger partial charge < -0.3 is 10.4 Å². The second kappa shape index (κ2) is 5.63. The third-order valence-electron chi connectivity index (χ3n) is 2.51. The molecule has 96 valence electrons. The summed E-state index contributed by atoms with van der Waals surface area (Å²) in [7, 11) is 0. The van der Waals surface area contributed by atoms with Crippen molar-refractivity contribution in [3.8, 4) is 0 Å². The molecular weight excluding hydrogens is 252 g/mol. The highest BCUT2D eigenvalue weighted by Gasteiger charge is 2.05. The summed E-state index contributed by atoms with van der Waals surface area (Å²) >= 11 is 1.48. The molecule has 0 aliphatic carbocycles. The van der Waals surface area contributed by atoms with E-state index in [-0.39, 0.29) is 6.42 Å². The Morgan fingerprint density at radius 1 is 1.61 bits per heavy atom. The van der Waals surface area contributed by atoms with E-state index in [1.54, 1.807) is 6.20 Å². The average Bonchev–Trinajstić information content (AvgIpc) is 2.93. The van der Waals surface area contributed by atoms with Crippen LogP contribution in [-0.2, 0) is 17.8 Å². The molecule has 0 spiro atoms. The zero-order valence-corrected chi connectivity index (χ0v) is 10.8. The summed E-state index contributed by atoms with van der Waals surface area (Å²) in [5, 5.41) is 21.3. The number of H-pyrrole nitrogens is 1. The fraction of sp³-hybridized carbons (Fsp3) is 0.364. The third-order valence-corrected chi connectivity index (χ3v) is 3.36. The van der Waals surface area contributed by atoms with Crippen LogP contribution in [0, 0.1) is 6.92 Å². The van der Waals surface area contributed by atoms with E-state index in [1.165, 1.54) is 11.3 Å². The number of aromatic amines is 1. The van der Waals surface area contributed by atoms with Crippen molar-refractivity contribution in [2.24, 2.45) is 0 Å². The SMILES string of the molecule is Cc1[nH]ncc1CNc1nc(CCC(=O)O)cs1. The first kappa shape index (κ1) is 12.6. The number of carboxylic acid groups (broad SMARTS) is 1. The first-order chi connectivity index (χ1) is 8.65. The van der Waals surface area contributed by atoms with Crippen LogP contribution in [0.2, 0.25) is 0 Å². The summed E-state index contributed by atoms with van der Waals surface area (Å²) in [6.45, 7) is 2.62. The van der Waals surface area contributed by atoms with E-state index in [2.05, 4.69) is 20.5 Å². The summed E-state index contributed by atoms with van der Waals surface area (Å²) < 4.78 is 0. The maximum Gasteiger partial charge on any atom is 0.303 e. The number of nitrogens with zero attached hydrogens (tertiary/aromatic N) is 2. The monoisotopic (exact) mass is 266 g/mol. The smallest absolute Gasteiger partial charge is 0.303 e. The van der Waals surface area contributed by atoms with E-state index in [1.807, 2.05) is 12.3 Å². The molecule has 0 fully saturated rings. The first-order valence-electron chi connectivity index (χ1n) is 5.54. The van der Waals surface area contributed by atoms with Crippen molar-refractivity contribution in [2.75, 3.05) is 5.32 Å². The molecule has 0 aromatic carbocycles. The summed E-state index contributed by atoms with van der Waals surface area (Å²) in [4.78, 5) is 14.8. The maximum atomic E-state index is 10.4. The molecule has 6 nitrogen and oxygen atoms in total. The number of hydrogen-bond acceptors (Lipinski definition) is 5. The average molecular weight is 266 g/mol. The second-order valence-electron chi connectivity index (χ2n) is 3.91. The van der Waals surface area contributed by atoms with Gasteiger partial charge in [0.25, 0.3) is 0 Å². The predicted molar refractivity (Wildman–Crippen MR) is 68.7 cm³/mol. The highest BCUT2D eigenvalue weighted by Crippen LogP contribution is 2.17. The van der Waals surface area contributed by atoms with E-state index in [4.69, 9.17) is 5.11 Å². The maximum absolute atomic E-state index is 10.4. The van der Waals surface area contributed by atoms with Gasteiger partial charge in [0, 0.05) is 29.6 Å². The van der Waals surface area contributed by atoms with Crippen molar-refractivity contribution in [3.63, 3.8) is 0 Å². The Morgan fingerprint density at radius 3 is 3.11 bits per heavy atom. The van der Waals surface area contributed by atoms with Crippen molar-refractivity contribution in [3.05, 3.63) is 28.5 Å². The Bertz CT molecular complexity index is 535. The molecule has 0 unspecified atom stereocenters. The number of carboxylic acids is 1. The fourth-order valence-corrected chi connectivity index (χ4v) is 2.21. The minimum absolute atomic E-state index is 0.115. The van der Waals surface area contributed by atoms with E-state index < -0.39 is 5.97 Å². The van der Waals surface area contributed by atoms with Gasteiger partial charge in [0.1, 0.15) is 0 Å². The van der Waals surface area contributed by atoms with Crippen molar-refractivity contribution in [2.45, 2.75) is 26.3 Å². The number of nitrogens with one attached hydrogen (secondary N) is 2. The van der Waals surface area contributed by atoms with Crippen LogP contribution in [0.4, 0.5) is 5.13 Å². The lowest BCUT2D eigenvalue weighted by molar-refractivity contribution is -0.136. The summed E-state index contributed by atoms with van der Waals surface area (Å²) in [6.07, 6.45) is 2.36. The van der Waals surface area contributed by atoms with E-state index in [9.17, 15) is 4.79 Å². The number of rotatable bonds is 6. The zero-order valence-electron chi connectivity index (χ0n) is 9.93. The molecule has 2 rings (SSSR count). The summed E-state index contributed by atoms with van der Waals surface area (Å²) in [5.74, 6) is -0.800. The second-order valence-corrected chi connectivity index (χ2v) is 4.77. The van der Waals surface area contributed by atoms with Crippen molar-refractivity contribution < 1.29 is 9.90 Å². The van der Waals surface area contributed by atoms with Crippen LogP contribution in [0.25, 0.3) is 0 Å². The number of thiazole rings is 1. The molecule has 0 amide bonds. The van der Waals surface area contributed by atoms with E-state index in [0.29, 0.717) is 13.0 Å². The van der Waals surface area contributed by atoms with Crippen LogP contribution in [0.5, 0.6) is 0 Å². The van der Waals surface area contributed by atoms with Crippen LogP contribution < -0.4 is 5.32 Å². The normalized spacial score (nSPS) is 10.5. The topological polar surface area (TPSA) is 90.9 Å². The number of anilines is 1. The van der Waals surface area contributed by atoms with Gasteiger partial charge in [0.15, 0.2) is 5.13 Å². The van der Waals surface area contributed by atoms with Crippen molar-refractivity contribution in [1.82, 2.24) is 15.2 Å². The minimum Gasteiger partial charge on any atom is -0.481 e. The number of hydrogen-bond donors (Lipinski definition) is 3. The Kier molecular flexibility index (Phi) is 3.93. The molecule has 0 aliphatic rings. The highest BCUT2D eigenvalue weighted by molar-refractivity contribution is 7.13. The lowest BCUT2D eigenvalue weighted by Crippen LogP contribution is -2.00. The molecule has 2 aromatic heterocycles. The van der Waals surface area contributed by atoms with Gasteiger partial charge >= 0.3 is 5.97 Å². The van der Waals surface area contributed by atoms with Crippen LogP contribution in [0.1, 0.15) is 23.4 Å². The van der Waals surface area contributed by atoms with Crippen LogP contribution in [0.15, 0.2) is 11.6 Å². The summed E-state index contributed by atoms with van der Waals surface area (Å²) in [6, 6.07) is 0. The molecule has 18 heavy (non-hydrogen) atoms. The van der Waals surface area contributed by atoms with Gasteiger partial charge in [-0.25, -0.2) is 4.98 Å². The Morgan fingerprint density at radius 2 is 2.44 bits per heavy atom. The van der Waals surface area contributed by atoms with Crippen LogP contribution >= 0.6 is 11.3 Å². The standard InChI is InChI=1S/C11H14N4O2S/c1-7-8(5-13-15-7)4-12-11-14-9(6-18-11)2-3-10(16)17/h5-6H,2-4H2,1H3,(H,12,14)(H,13,15)(H,16,17). The Balaban J connectivity index is 1.87.